The Hall–Kier alpha value is -2.62. The summed E-state index contributed by atoms with van der Waals surface area (Å²) in [6.07, 6.45) is 1.71. The SMILES string of the molecule is Nc1ccc2c(NCc3ccccc3F)ccnc2c1. The first-order valence-corrected chi connectivity index (χ1v) is 6.35. The molecule has 20 heavy (non-hydrogen) atoms. The second-order valence-electron chi connectivity index (χ2n) is 4.58. The van der Waals surface area contributed by atoms with E-state index in [-0.39, 0.29) is 5.82 Å². The molecule has 0 fully saturated rings. The smallest absolute Gasteiger partial charge is 0.128 e. The average molecular weight is 267 g/mol. The van der Waals surface area contributed by atoms with Crippen LogP contribution in [0, 0.1) is 5.82 Å². The highest BCUT2D eigenvalue weighted by Crippen LogP contribution is 2.24. The monoisotopic (exact) mass is 267 g/mol. The van der Waals surface area contributed by atoms with E-state index in [9.17, 15) is 4.39 Å². The molecule has 3 aromatic rings. The van der Waals surface area contributed by atoms with Gasteiger partial charge in [-0.15, -0.1) is 0 Å². The number of pyridine rings is 1. The van der Waals surface area contributed by atoms with E-state index < -0.39 is 0 Å². The zero-order valence-electron chi connectivity index (χ0n) is 10.8. The van der Waals surface area contributed by atoms with Crippen LogP contribution < -0.4 is 11.1 Å². The third-order valence-corrected chi connectivity index (χ3v) is 3.19. The minimum absolute atomic E-state index is 0.206. The Labute approximate surface area is 116 Å². The standard InChI is InChI=1S/C16H14FN3/c17-14-4-2-1-3-11(14)10-20-15-7-8-19-16-9-12(18)5-6-13(15)16/h1-9H,10,18H2,(H,19,20). The van der Waals surface area contributed by atoms with Crippen LogP contribution in [-0.2, 0) is 6.54 Å². The Morgan fingerprint density at radius 2 is 1.95 bits per heavy atom. The molecule has 0 atom stereocenters. The van der Waals surface area contributed by atoms with E-state index >= 15 is 0 Å². The largest absolute Gasteiger partial charge is 0.399 e. The molecule has 1 aromatic heterocycles. The van der Waals surface area contributed by atoms with Crippen molar-refractivity contribution in [2.45, 2.75) is 6.54 Å². The molecule has 1 heterocycles. The van der Waals surface area contributed by atoms with Gasteiger partial charge in [-0.1, -0.05) is 18.2 Å². The quantitative estimate of drug-likeness (QED) is 0.713. The summed E-state index contributed by atoms with van der Waals surface area (Å²) < 4.78 is 13.6. The fraction of sp³-hybridized carbons (Fsp3) is 0.0625. The number of hydrogen-bond acceptors (Lipinski definition) is 3. The van der Waals surface area contributed by atoms with Crippen molar-refractivity contribution < 1.29 is 4.39 Å². The molecule has 100 valence electrons. The summed E-state index contributed by atoms with van der Waals surface area (Å²) in [6.45, 7) is 0.427. The summed E-state index contributed by atoms with van der Waals surface area (Å²) in [5.74, 6) is -0.206. The number of halogens is 1. The van der Waals surface area contributed by atoms with Gasteiger partial charge in [0.15, 0.2) is 0 Å². The molecule has 0 unspecified atom stereocenters. The average Bonchev–Trinajstić information content (AvgIpc) is 2.46. The van der Waals surface area contributed by atoms with Crippen molar-refractivity contribution in [3.05, 3.63) is 66.1 Å². The number of nitrogens with two attached hydrogens (primary N) is 1. The van der Waals surface area contributed by atoms with Crippen molar-refractivity contribution in [3.8, 4) is 0 Å². The first-order chi connectivity index (χ1) is 9.74. The highest BCUT2D eigenvalue weighted by molar-refractivity contribution is 5.92. The van der Waals surface area contributed by atoms with Crippen LogP contribution in [0.3, 0.4) is 0 Å². The predicted molar refractivity (Wildman–Crippen MR) is 79.9 cm³/mol. The third kappa shape index (κ3) is 2.40. The van der Waals surface area contributed by atoms with Gasteiger partial charge in [-0.25, -0.2) is 4.39 Å². The lowest BCUT2D eigenvalue weighted by molar-refractivity contribution is 0.613. The van der Waals surface area contributed by atoms with Crippen LogP contribution in [0.15, 0.2) is 54.7 Å². The molecular weight excluding hydrogens is 253 g/mol. The molecule has 0 radical (unpaired) electrons. The van der Waals surface area contributed by atoms with Crippen molar-refractivity contribution in [2.75, 3.05) is 11.1 Å². The molecule has 0 bridgehead atoms. The number of benzene rings is 2. The van der Waals surface area contributed by atoms with Crippen LogP contribution in [0.5, 0.6) is 0 Å². The number of aromatic nitrogens is 1. The summed E-state index contributed by atoms with van der Waals surface area (Å²) in [7, 11) is 0. The molecular formula is C16H14FN3. The third-order valence-electron chi connectivity index (χ3n) is 3.19. The van der Waals surface area contributed by atoms with Crippen molar-refractivity contribution >= 4 is 22.3 Å². The van der Waals surface area contributed by atoms with Crippen molar-refractivity contribution in [3.63, 3.8) is 0 Å². The van der Waals surface area contributed by atoms with E-state index in [1.165, 1.54) is 6.07 Å². The second-order valence-corrected chi connectivity index (χ2v) is 4.58. The van der Waals surface area contributed by atoms with Crippen LogP contribution in [0.25, 0.3) is 10.9 Å². The Morgan fingerprint density at radius 3 is 2.80 bits per heavy atom. The molecule has 3 N–H and O–H groups in total. The van der Waals surface area contributed by atoms with Gasteiger partial charge in [0.05, 0.1) is 5.52 Å². The fourth-order valence-electron chi connectivity index (χ4n) is 2.15. The molecule has 4 heteroatoms. The highest BCUT2D eigenvalue weighted by Gasteiger charge is 2.04. The molecule has 0 aliphatic heterocycles. The molecule has 0 saturated carbocycles. The summed E-state index contributed by atoms with van der Waals surface area (Å²) in [4.78, 5) is 4.28. The lowest BCUT2D eigenvalue weighted by atomic mass is 10.1. The summed E-state index contributed by atoms with van der Waals surface area (Å²) in [5.41, 5.74) is 8.80. The van der Waals surface area contributed by atoms with Gasteiger partial charge in [-0.05, 0) is 30.3 Å². The number of fused-ring (bicyclic) bond motifs is 1. The van der Waals surface area contributed by atoms with Crippen LogP contribution in [0.4, 0.5) is 15.8 Å². The summed E-state index contributed by atoms with van der Waals surface area (Å²) >= 11 is 0. The minimum atomic E-state index is -0.206. The first kappa shape index (κ1) is 12.4. The maximum Gasteiger partial charge on any atom is 0.128 e. The lowest BCUT2D eigenvalue weighted by Gasteiger charge is -2.10. The van der Waals surface area contributed by atoms with Crippen molar-refractivity contribution in [2.24, 2.45) is 0 Å². The zero-order chi connectivity index (χ0) is 13.9. The van der Waals surface area contributed by atoms with Crippen LogP contribution in [0.1, 0.15) is 5.56 Å². The molecule has 2 aromatic carbocycles. The number of nitrogen functional groups attached to an aromatic ring is 1. The van der Waals surface area contributed by atoms with E-state index in [1.807, 2.05) is 30.3 Å². The van der Waals surface area contributed by atoms with Gasteiger partial charge >= 0.3 is 0 Å². The van der Waals surface area contributed by atoms with E-state index in [4.69, 9.17) is 5.73 Å². The van der Waals surface area contributed by atoms with Crippen molar-refractivity contribution in [1.82, 2.24) is 4.98 Å². The molecule has 0 amide bonds. The molecule has 0 aliphatic carbocycles. The van der Waals surface area contributed by atoms with Gasteiger partial charge in [0.2, 0.25) is 0 Å². The minimum Gasteiger partial charge on any atom is -0.399 e. The number of nitrogens with one attached hydrogen (secondary N) is 1. The maximum absolute atomic E-state index is 13.6. The lowest BCUT2D eigenvalue weighted by Crippen LogP contribution is -2.02. The second kappa shape index (κ2) is 5.17. The number of anilines is 2. The molecule has 0 aliphatic rings. The zero-order valence-corrected chi connectivity index (χ0v) is 10.8. The Bertz CT molecular complexity index is 756. The summed E-state index contributed by atoms with van der Waals surface area (Å²) in [5, 5.41) is 4.21. The van der Waals surface area contributed by atoms with Crippen LogP contribution >= 0.6 is 0 Å². The van der Waals surface area contributed by atoms with Crippen LogP contribution in [0.2, 0.25) is 0 Å². The van der Waals surface area contributed by atoms with Gasteiger partial charge in [0.25, 0.3) is 0 Å². The molecule has 3 rings (SSSR count). The first-order valence-electron chi connectivity index (χ1n) is 6.35. The van der Waals surface area contributed by atoms with E-state index in [0.717, 1.165) is 16.6 Å². The number of hydrogen-bond donors (Lipinski definition) is 2. The predicted octanol–water partition coefficient (Wildman–Crippen LogP) is 3.57. The highest BCUT2D eigenvalue weighted by atomic mass is 19.1. The Morgan fingerprint density at radius 1 is 1.10 bits per heavy atom. The molecule has 0 spiro atoms. The topological polar surface area (TPSA) is 50.9 Å². The Kier molecular flexibility index (Phi) is 3.21. The number of nitrogens with zero attached hydrogens (tertiary/aromatic N) is 1. The van der Waals surface area contributed by atoms with Gasteiger partial charge < -0.3 is 11.1 Å². The Balaban J connectivity index is 1.90. The fourth-order valence-corrected chi connectivity index (χ4v) is 2.15. The van der Waals surface area contributed by atoms with E-state index in [0.29, 0.717) is 17.8 Å². The normalized spacial score (nSPS) is 10.7. The van der Waals surface area contributed by atoms with Gasteiger partial charge in [0.1, 0.15) is 5.82 Å². The van der Waals surface area contributed by atoms with Crippen LogP contribution in [-0.4, -0.2) is 4.98 Å². The molecule has 3 nitrogen and oxygen atoms in total. The van der Waals surface area contributed by atoms with E-state index in [2.05, 4.69) is 10.3 Å². The van der Waals surface area contributed by atoms with Gasteiger partial charge in [-0.3, -0.25) is 4.98 Å². The summed E-state index contributed by atoms with van der Waals surface area (Å²) in [6, 6.07) is 14.2. The maximum atomic E-state index is 13.6. The van der Waals surface area contributed by atoms with Crippen molar-refractivity contribution in [1.29, 1.82) is 0 Å². The van der Waals surface area contributed by atoms with Gasteiger partial charge in [0, 0.05) is 35.1 Å². The molecule has 0 saturated heterocycles. The van der Waals surface area contributed by atoms with Gasteiger partial charge in [-0.2, -0.15) is 0 Å². The number of rotatable bonds is 3. The van der Waals surface area contributed by atoms with E-state index in [1.54, 1.807) is 18.3 Å².